The summed E-state index contributed by atoms with van der Waals surface area (Å²) in [6.07, 6.45) is 33.2. The Morgan fingerprint density at radius 1 is 0.537 bits per heavy atom. The fourth-order valence-corrected chi connectivity index (χ4v) is 11.0. The van der Waals surface area contributed by atoms with Gasteiger partial charge in [0.2, 0.25) is 5.91 Å². The average molecular weight is 919 g/mol. The molecular formula is C58H86N4O5. The molecule has 67 heavy (non-hydrogen) atoms. The number of carbonyl (C=O) groups excluding carboxylic acids is 4. The standard InChI is InChI=1S/C32H48N2O2.C18H29NO2.C8H9NO/c35-31(33(27-16-5-1-6-17-27)28-18-7-2-8-19-28)25-14-13-15-26(24-25)32(36)34(29-20-9-3-10-21-29)30-22-11-4-12-23-30;1-3-4-5-6-7-8-11-15(2)14-21-17-13-10-9-12-16(17)18(19)20;1-6-4-2-3-5-7(6)8(9)10/h13-15,24,27-30H,1-12,16-23H2;9-10,12-13,15H,3-8,11,14H2,1-2H3,(H2,19,20);2-5H,1H3,(H2,9,10). The molecule has 0 bridgehead atoms. The summed E-state index contributed by atoms with van der Waals surface area (Å²) in [4.78, 5) is 54.7. The van der Waals surface area contributed by atoms with E-state index in [1.165, 1.54) is 122 Å². The number of aryl methyl sites for hydroxylation is 1. The maximum atomic E-state index is 14.1. The quantitative estimate of drug-likeness (QED) is 0.122. The Labute approximate surface area is 404 Å². The molecular weight excluding hydrogens is 833 g/mol. The van der Waals surface area contributed by atoms with E-state index in [-0.39, 0.29) is 17.7 Å². The van der Waals surface area contributed by atoms with E-state index in [1.54, 1.807) is 30.3 Å². The van der Waals surface area contributed by atoms with Gasteiger partial charge in [0.15, 0.2) is 0 Å². The highest BCUT2D eigenvalue weighted by atomic mass is 16.5. The van der Waals surface area contributed by atoms with Crippen molar-refractivity contribution in [1.82, 2.24) is 9.80 Å². The molecule has 7 rings (SSSR count). The van der Waals surface area contributed by atoms with Gasteiger partial charge < -0.3 is 26.0 Å². The molecule has 368 valence electrons. The molecule has 0 aliphatic heterocycles. The second kappa shape index (κ2) is 29.3. The summed E-state index contributed by atoms with van der Waals surface area (Å²) in [5.41, 5.74) is 13.9. The van der Waals surface area contributed by atoms with Crippen LogP contribution in [0.1, 0.15) is 234 Å². The normalized spacial score (nSPS) is 17.7. The van der Waals surface area contributed by atoms with Gasteiger partial charge in [0.05, 0.1) is 12.2 Å². The topological polar surface area (TPSA) is 136 Å². The number of para-hydroxylation sites is 1. The van der Waals surface area contributed by atoms with Gasteiger partial charge in [-0.25, -0.2) is 0 Å². The number of amides is 4. The molecule has 9 nitrogen and oxygen atoms in total. The van der Waals surface area contributed by atoms with E-state index < -0.39 is 5.91 Å². The average Bonchev–Trinajstić information content (AvgIpc) is 3.36. The number of unbranched alkanes of at least 4 members (excludes halogenated alkanes) is 5. The Bertz CT molecular complexity index is 1840. The third-order valence-corrected chi connectivity index (χ3v) is 14.8. The molecule has 4 saturated carbocycles. The van der Waals surface area contributed by atoms with Gasteiger partial charge in [0.25, 0.3) is 17.7 Å². The number of rotatable bonds is 18. The zero-order valence-corrected chi connectivity index (χ0v) is 41.7. The van der Waals surface area contributed by atoms with Gasteiger partial charge in [-0.1, -0.05) is 166 Å². The van der Waals surface area contributed by atoms with Crippen molar-refractivity contribution in [2.75, 3.05) is 6.61 Å². The van der Waals surface area contributed by atoms with Crippen molar-refractivity contribution in [3.05, 3.63) is 101 Å². The van der Waals surface area contributed by atoms with E-state index in [0.717, 1.165) is 68.1 Å². The Morgan fingerprint density at radius 3 is 1.36 bits per heavy atom. The maximum absolute atomic E-state index is 14.1. The summed E-state index contributed by atoms with van der Waals surface area (Å²) in [5.74, 6) is 0.639. The number of primary amides is 2. The lowest BCUT2D eigenvalue weighted by Gasteiger charge is -2.42. The number of ether oxygens (including phenoxy) is 1. The highest BCUT2D eigenvalue weighted by Crippen LogP contribution is 2.34. The molecule has 4 amide bonds. The highest BCUT2D eigenvalue weighted by Gasteiger charge is 2.35. The molecule has 9 heteroatoms. The van der Waals surface area contributed by atoms with Crippen LogP contribution in [0.3, 0.4) is 0 Å². The van der Waals surface area contributed by atoms with Crippen molar-refractivity contribution >= 4 is 23.6 Å². The van der Waals surface area contributed by atoms with Crippen LogP contribution in [0.25, 0.3) is 0 Å². The summed E-state index contributed by atoms with van der Waals surface area (Å²) in [5, 5.41) is 0. The molecule has 3 aromatic carbocycles. The molecule has 4 fully saturated rings. The summed E-state index contributed by atoms with van der Waals surface area (Å²) >= 11 is 0. The van der Waals surface area contributed by atoms with Crippen molar-refractivity contribution in [2.45, 2.75) is 218 Å². The molecule has 1 atom stereocenters. The monoisotopic (exact) mass is 919 g/mol. The Hall–Kier alpha value is -4.66. The van der Waals surface area contributed by atoms with Crippen molar-refractivity contribution in [2.24, 2.45) is 17.4 Å². The molecule has 0 spiro atoms. The van der Waals surface area contributed by atoms with Gasteiger partial charge in [-0.3, -0.25) is 19.2 Å². The van der Waals surface area contributed by atoms with Gasteiger partial charge in [-0.2, -0.15) is 0 Å². The number of nitrogens with zero attached hydrogens (tertiary/aromatic N) is 2. The highest BCUT2D eigenvalue weighted by molar-refractivity contribution is 6.00. The molecule has 1 unspecified atom stereocenters. The van der Waals surface area contributed by atoms with Gasteiger partial charge in [-0.05, 0) is 113 Å². The van der Waals surface area contributed by atoms with Crippen molar-refractivity contribution in [3.8, 4) is 5.75 Å². The van der Waals surface area contributed by atoms with Gasteiger partial charge in [0.1, 0.15) is 5.75 Å². The Kier molecular flexibility index (Phi) is 23.3. The van der Waals surface area contributed by atoms with Gasteiger partial charge in [-0.15, -0.1) is 0 Å². The van der Waals surface area contributed by atoms with Crippen molar-refractivity contribution < 1.29 is 23.9 Å². The lowest BCUT2D eigenvalue weighted by atomic mass is 9.87. The third kappa shape index (κ3) is 17.1. The second-order valence-corrected chi connectivity index (χ2v) is 20.2. The molecule has 4 aliphatic carbocycles. The molecule has 3 aromatic rings. The van der Waals surface area contributed by atoms with E-state index >= 15 is 0 Å². The smallest absolute Gasteiger partial charge is 0.254 e. The summed E-state index contributed by atoms with van der Waals surface area (Å²) in [6, 6.07) is 23.7. The first-order chi connectivity index (χ1) is 32.6. The lowest BCUT2D eigenvalue weighted by Crippen LogP contribution is -2.49. The molecule has 4 aliphatic rings. The number of hydrogen-bond donors (Lipinski definition) is 2. The first-order valence-electron chi connectivity index (χ1n) is 26.7. The van der Waals surface area contributed by atoms with E-state index in [9.17, 15) is 19.2 Å². The van der Waals surface area contributed by atoms with Crippen LogP contribution in [-0.2, 0) is 0 Å². The van der Waals surface area contributed by atoms with Gasteiger partial charge >= 0.3 is 0 Å². The van der Waals surface area contributed by atoms with Crippen LogP contribution in [0.15, 0.2) is 72.8 Å². The van der Waals surface area contributed by atoms with Crippen LogP contribution in [0, 0.1) is 12.8 Å². The third-order valence-electron chi connectivity index (χ3n) is 14.8. The minimum Gasteiger partial charge on any atom is -0.492 e. The van der Waals surface area contributed by atoms with Crippen LogP contribution in [0.2, 0.25) is 0 Å². The number of benzene rings is 3. The summed E-state index contributed by atoms with van der Waals surface area (Å²) in [7, 11) is 0. The minimum absolute atomic E-state index is 0.172. The maximum Gasteiger partial charge on any atom is 0.254 e. The van der Waals surface area contributed by atoms with Crippen LogP contribution in [-0.4, -0.2) is 64.2 Å². The number of carbonyl (C=O) groups is 4. The van der Waals surface area contributed by atoms with Crippen molar-refractivity contribution in [3.63, 3.8) is 0 Å². The van der Waals surface area contributed by atoms with Gasteiger partial charge in [0, 0.05) is 40.9 Å². The molecule has 0 saturated heterocycles. The number of hydrogen-bond acceptors (Lipinski definition) is 5. The zero-order valence-electron chi connectivity index (χ0n) is 41.7. The fraction of sp³-hybridized carbons (Fsp3) is 0.621. The predicted molar refractivity (Wildman–Crippen MR) is 274 cm³/mol. The second-order valence-electron chi connectivity index (χ2n) is 20.2. The Morgan fingerprint density at radius 2 is 0.940 bits per heavy atom. The minimum atomic E-state index is -0.436. The Balaban J connectivity index is 0.000000227. The van der Waals surface area contributed by atoms with Crippen LogP contribution in [0.5, 0.6) is 5.75 Å². The molecule has 0 aromatic heterocycles. The lowest BCUT2D eigenvalue weighted by molar-refractivity contribution is 0.0446. The van der Waals surface area contributed by atoms with E-state index in [2.05, 4.69) is 23.6 Å². The summed E-state index contributed by atoms with van der Waals surface area (Å²) in [6.45, 7) is 6.93. The van der Waals surface area contributed by atoms with E-state index in [0.29, 0.717) is 53.6 Å². The molecule has 0 radical (unpaired) electrons. The van der Waals surface area contributed by atoms with Crippen molar-refractivity contribution in [1.29, 1.82) is 0 Å². The first-order valence-corrected chi connectivity index (χ1v) is 26.7. The summed E-state index contributed by atoms with van der Waals surface area (Å²) < 4.78 is 5.75. The van der Waals surface area contributed by atoms with E-state index in [1.807, 2.05) is 49.4 Å². The molecule has 4 N–H and O–H groups in total. The zero-order chi connectivity index (χ0) is 47.8. The van der Waals surface area contributed by atoms with Crippen LogP contribution < -0.4 is 16.2 Å². The van der Waals surface area contributed by atoms with E-state index in [4.69, 9.17) is 16.2 Å². The predicted octanol–water partition coefficient (Wildman–Crippen LogP) is 13.5. The number of nitrogens with two attached hydrogens (primary N) is 2. The largest absolute Gasteiger partial charge is 0.492 e. The SMILES string of the molecule is CCCCCCCCC(C)COc1ccccc1C(N)=O.Cc1ccccc1C(N)=O.O=C(c1cccc(C(=O)N(C2CCCCC2)C2CCCCC2)c1)N(C1CCCCC1)C1CCCCC1. The van der Waals surface area contributed by atoms with Crippen LogP contribution >= 0.6 is 0 Å². The fourth-order valence-electron chi connectivity index (χ4n) is 11.0. The van der Waals surface area contributed by atoms with Crippen LogP contribution in [0.4, 0.5) is 0 Å². The first kappa shape index (κ1) is 53.3. The molecule has 0 heterocycles.